The Morgan fingerprint density at radius 2 is 1.90 bits per heavy atom. The molecule has 0 aromatic heterocycles. The van der Waals surface area contributed by atoms with E-state index in [1.807, 2.05) is 30.3 Å². The summed E-state index contributed by atoms with van der Waals surface area (Å²) in [6, 6.07) is 15.6. The molecule has 3 N–H and O–H groups in total. The molecule has 2 rings (SSSR count). The molecule has 0 saturated heterocycles. The van der Waals surface area contributed by atoms with E-state index >= 15 is 0 Å². The number of benzene rings is 2. The second-order valence-corrected chi connectivity index (χ2v) is 5.48. The molecule has 0 bridgehead atoms. The first kappa shape index (κ1) is 14.6. The molecule has 0 saturated carbocycles. The van der Waals surface area contributed by atoms with Gasteiger partial charge in [0.1, 0.15) is 0 Å². The van der Waals surface area contributed by atoms with Crippen LogP contribution in [0.25, 0.3) is 0 Å². The molecule has 0 atom stereocenters. The number of rotatable bonds is 5. The third-order valence-electron chi connectivity index (χ3n) is 2.99. The average Bonchev–Trinajstić information content (AvgIpc) is 2.44. The number of hydrogen-bond donors (Lipinski definition) is 2. The van der Waals surface area contributed by atoms with Gasteiger partial charge in [-0.1, -0.05) is 30.3 Å². The maximum absolute atomic E-state index is 11.8. The Bertz CT molecular complexity index is 584. The quantitative estimate of drug-likeness (QED) is 0.813. The first-order valence-electron chi connectivity index (χ1n) is 6.54. The SMILES string of the molecule is Nc1cc(NC(=O)CCCc2ccccc2)ccc1Br. The molecule has 104 valence electrons. The minimum atomic E-state index is 0.0163. The number of halogens is 1. The van der Waals surface area contributed by atoms with Crippen LogP contribution in [0, 0.1) is 0 Å². The largest absolute Gasteiger partial charge is 0.398 e. The number of nitrogens with one attached hydrogen (secondary N) is 1. The zero-order chi connectivity index (χ0) is 14.4. The number of nitrogen functional groups attached to an aromatic ring is 1. The number of nitrogens with two attached hydrogens (primary N) is 1. The van der Waals surface area contributed by atoms with Crippen LogP contribution in [-0.2, 0) is 11.2 Å². The summed E-state index contributed by atoms with van der Waals surface area (Å²) in [5.74, 6) is 0.0163. The van der Waals surface area contributed by atoms with Crippen molar-refractivity contribution in [1.29, 1.82) is 0 Å². The number of carbonyl (C=O) groups is 1. The molecule has 3 nitrogen and oxygen atoms in total. The Labute approximate surface area is 127 Å². The summed E-state index contributed by atoms with van der Waals surface area (Å²) < 4.78 is 0.833. The minimum absolute atomic E-state index is 0.0163. The van der Waals surface area contributed by atoms with Gasteiger partial charge in [-0.25, -0.2) is 0 Å². The van der Waals surface area contributed by atoms with Gasteiger partial charge in [0.15, 0.2) is 0 Å². The summed E-state index contributed by atoms with van der Waals surface area (Å²) in [6.07, 6.45) is 2.25. The molecule has 0 unspecified atom stereocenters. The van der Waals surface area contributed by atoms with E-state index in [9.17, 15) is 4.79 Å². The summed E-state index contributed by atoms with van der Waals surface area (Å²) in [5.41, 5.74) is 8.38. The van der Waals surface area contributed by atoms with Gasteiger partial charge in [-0.05, 0) is 52.5 Å². The lowest BCUT2D eigenvalue weighted by Crippen LogP contribution is -2.11. The fourth-order valence-corrected chi connectivity index (χ4v) is 2.19. The predicted octanol–water partition coefficient (Wildman–Crippen LogP) is 3.99. The fraction of sp³-hybridized carbons (Fsp3) is 0.188. The van der Waals surface area contributed by atoms with E-state index in [4.69, 9.17) is 5.73 Å². The Morgan fingerprint density at radius 1 is 1.15 bits per heavy atom. The van der Waals surface area contributed by atoms with Crippen molar-refractivity contribution >= 4 is 33.2 Å². The van der Waals surface area contributed by atoms with Gasteiger partial charge in [-0.2, -0.15) is 0 Å². The van der Waals surface area contributed by atoms with Gasteiger partial charge >= 0.3 is 0 Å². The third kappa shape index (κ3) is 4.38. The van der Waals surface area contributed by atoms with Crippen molar-refractivity contribution in [2.24, 2.45) is 0 Å². The highest BCUT2D eigenvalue weighted by Crippen LogP contribution is 2.23. The number of amides is 1. The molecular weight excluding hydrogens is 316 g/mol. The van der Waals surface area contributed by atoms with E-state index in [-0.39, 0.29) is 5.91 Å². The van der Waals surface area contributed by atoms with Crippen LogP contribution in [0.3, 0.4) is 0 Å². The molecule has 1 amide bonds. The zero-order valence-corrected chi connectivity index (χ0v) is 12.7. The molecule has 0 spiro atoms. The number of anilines is 2. The zero-order valence-electron chi connectivity index (χ0n) is 11.1. The van der Waals surface area contributed by atoms with Crippen molar-refractivity contribution in [1.82, 2.24) is 0 Å². The second kappa shape index (κ2) is 7.10. The molecule has 0 heterocycles. The van der Waals surface area contributed by atoms with E-state index < -0.39 is 0 Å². The highest BCUT2D eigenvalue weighted by Gasteiger charge is 2.04. The van der Waals surface area contributed by atoms with Crippen LogP contribution < -0.4 is 11.1 Å². The number of carbonyl (C=O) groups excluding carboxylic acids is 1. The highest BCUT2D eigenvalue weighted by molar-refractivity contribution is 9.10. The van der Waals surface area contributed by atoms with Crippen molar-refractivity contribution in [2.75, 3.05) is 11.1 Å². The Balaban J connectivity index is 1.79. The van der Waals surface area contributed by atoms with Crippen LogP contribution in [0.15, 0.2) is 53.0 Å². The normalized spacial score (nSPS) is 10.2. The average molecular weight is 333 g/mol. The molecular formula is C16H17BrN2O. The molecule has 0 aliphatic heterocycles. The lowest BCUT2D eigenvalue weighted by Gasteiger charge is -2.07. The summed E-state index contributed by atoms with van der Waals surface area (Å²) in [5, 5.41) is 2.86. The van der Waals surface area contributed by atoms with Crippen molar-refractivity contribution < 1.29 is 4.79 Å². The maximum Gasteiger partial charge on any atom is 0.224 e. The molecule has 0 fully saturated rings. The van der Waals surface area contributed by atoms with E-state index in [0.29, 0.717) is 12.1 Å². The summed E-state index contributed by atoms with van der Waals surface area (Å²) in [4.78, 5) is 11.8. The maximum atomic E-state index is 11.8. The molecule has 2 aromatic carbocycles. The van der Waals surface area contributed by atoms with E-state index in [1.54, 1.807) is 6.07 Å². The van der Waals surface area contributed by atoms with Crippen molar-refractivity contribution in [3.63, 3.8) is 0 Å². The Morgan fingerprint density at radius 3 is 2.60 bits per heavy atom. The van der Waals surface area contributed by atoms with Gasteiger partial charge in [-0.15, -0.1) is 0 Å². The predicted molar refractivity (Wildman–Crippen MR) is 86.6 cm³/mol. The lowest BCUT2D eigenvalue weighted by atomic mass is 10.1. The summed E-state index contributed by atoms with van der Waals surface area (Å²) >= 11 is 3.33. The topological polar surface area (TPSA) is 55.1 Å². The summed E-state index contributed by atoms with van der Waals surface area (Å²) in [7, 11) is 0. The van der Waals surface area contributed by atoms with Crippen LogP contribution in [0.4, 0.5) is 11.4 Å². The molecule has 0 aliphatic carbocycles. The fourth-order valence-electron chi connectivity index (χ4n) is 1.94. The first-order valence-corrected chi connectivity index (χ1v) is 7.33. The third-order valence-corrected chi connectivity index (χ3v) is 3.71. The highest BCUT2D eigenvalue weighted by atomic mass is 79.9. The van der Waals surface area contributed by atoms with E-state index in [1.165, 1.54) is 5.56 Å². The van der Waals surface area contributed by atoms with Crippen LogP contribution >= 0.6 is 15.9 Å². The van der Waals surface area contributed by atoms with E-state index in [2.05, 4.69) is 33.4 Å². The number of hydrogen-bond acceptors (Lipinski definition) is 2. The summed E-state index contributed by atoms with van der Waals surface area (Å²) in [6.45, 7) is 0. The van der Waals surface area contributed by atoms with Gasteiger partial charge in [0, 0.05) is 22.3 Å². The van der Waals surface area contributed by atoms with Gasteiger partial charge in [0.05, 0.1) is 0 Å². The van der Waals surface area contributed by atoms with Crippen molar-refractivity contribution in [3.8, 4) is 0 Å². The lowest BCUT2D eigenvalue weighted by molar-refractivity contribution is -0.116. The van der Waals surface area contributed by atoms with Gasteiger partial charge < -0.3 is 11.1 Å². The van der Waals surface area contributed by atoms with Crippen LogP contribution in [0.5, 0.6) is 0 Å². The van der Waals surface area contributed by atoms with Crippen LogP contribution in [0.2, 0.25) is 0 Å². The van der Waals surface area contributed by atoms with Crippen LogP contribution in [-0.4, -0.2) is 5.91 Å². The van der Waals surface area contributed by atoms with Gasteiger partial charge in [-0.3, -0.25) is 4.79 Å². The molecule has 0 aliphatic rings. The second-order valence-electron chi connectivity index (χ2n) is 4.62. The molecule has 4 heteroatoms. The monoisotopic (exact) mass is 332 g/mol. The van der Waals surface area contributed by atoms with Crippen molar-refractivity contribution in [2.45, 2.75) is 19.3 Å². The Kier molecular flexibility index (Phi) is 5.18. The van der Waals surface area contributed by atoms with Gasteiger partial charge in [0.25, 0.3) is 0 Å². The minimum Gasteiger partial charge on any atom is -0.398 e. The smallest absolute Gasteiger partial charge is 0.224 e. The van der Waals surface area contributed by atoms with Crippen molar-refractivity contribution in [3.05, 3.63) is 58.6 Å². The molecule has 0 radical (unpaired) electrons. The van der Waals surface area contributed by atoms with Gasteiger partial charge in [0.2, 0.25) is 5.91 Å². The first-order chi connectivity index (χ1) is 9.65. The molecule has 2 aromatic rings. The molecule has 20 heavy (non-hydrogen) atoms. The standard InChI is InChI=1S/C16H17BrN2O/c17-14-10-9-13(11-15(14)18)19-16(20)8-4-7-12-5-2-1-3-6-12/h1-3,5-6,9-11H,4,7-8,18H2,(H,19,20). The number of aryl methyl sites for hydroxylation is 1. The van der Waals surface area contributed by atoms with E-state index in [0.717, 1.165) is 23.0 Å². The van der Waals surface area contributed by atoms with Crippen LogP contribution in [0.1, 0.15) is 18.4 Å². The Hall–Kier alpha value is -1.81.